The molecule has 1 aliphatic heterocycles. The number of hydrogen-bond acceptors (Lipinski definition) is 5. The maximum Gasteiger partial charge on any atom is 0.265 e. The molecule has 2 aromatic carbocycles. The standard InChI is InChI=1S/C22H20ClN3O3S/c23-16-6-7-19(26-8-10-29-11-9-26)18(14-16)25-21(27)15-3-1-4-17(13-15)24-22(28)20-5-2-12-30-20/h1-7,12-14H,8-11H2,(H,24,28)(H,25,27). The summed E-state index contributed by atoms with van der Waals surface area (Å²) in [6.07, 6.45) is 0. The van der Waals surface area contributed by atoms with Gasteiger partial charge in [-0.05, 0) is 47.8 Å². The fraction of sp³-hybridized carbons (Fsp3) is 0.182. The minimum Gasteiger partial charge on any atom is -0.378 e. The van der Waals surface area contributed by atoms with Crippen molar-refractivity contribution in [2.24, 2.45) is 0 Å². The summed E-state index contributed by atoms with van der Waals surface area (Å²) in [5.74, 6) is -0.481. The van der Waals surface area contributed by atoms with Crippen molar-refractivity contribution >= 4 is 51.8 Å². The molecule has 1 saturated heterocycles. The Labute approximate surface area is 183 Å². The number of rotatable bonds is 5. The Balaban J connectivity index is 1.51. The van der Waals surface area contributed by atoms with E-state index in [0.29, 0.717) is 40.1 Å². The minimum atomic E-state index is -0.279. The predicted octanol–water partition coefficient (Wildman–Crippen LogP) is 4.74. The molecule has 1 aliphatic rings. The van der Waals surface area contributed by atoms with E-state index in [-0.39, 0.29) is 11.8 Å². The number of anilines is 3. The average Bonchev–Trinajstić information content (AvgIpc) is 3.30. The van der Waals surface area contributed by atoms with E-state index in [4.69, 9.17) is 16.3 Å². The first-order valence-electron chi connectivity index (χ1n) is 9.49. The van der Waals surface area contributed by atoms with Gasteiger partial charge in [0.2, 0.25) is 0 Å². The molecule has 30 heavy (non-hydrogen) atoms. The van der Waals surface area contributed by atoms with E-state index in [9.17, 15) is 9.59 Å². The number of hydrogen-bond donors (Lipinski definition) is 2. The van der Waals surface area contributed by atoms with Gasteiger partial charge < -0.3 is 20.3 Å². The number of ether oxygens (including phenoxy) is 1. The second kappa shape index (κ2) is 9.30. The molecule has 8 heteroatoms. The highest BCUT2D eigenvalue weighted by Gasteiger charge is 2.17. The van der Waals surface area contributed by atoms with Crippen molar-refractivity contribution in [2.75, 3.05) is 41.8 Å². The van der Waals surface area contributed by atoms with Crippen LogP contribution >= 0.6 is 22.9 Å². The van der Waals surface area contributed by atoms with E-state index >= 15 is 0 Å². The van der Waals surface area contributed by atoms with Gasteiger partial charge in [-0.1, -0.05) is 23.7 Å². The van der Waals surface area contributed by atoms with E-state index in [1.165, 1.54) is 11.3 Å². The van der Waals surface area contributed by atoms with Gasteiger partial charge in [-0.15, -0.1) is 11.3 Å². The van der Waals surface area contributed by atoms with Crippen molar-refractivity contribution in [3.8, 4) is 0 Å². The molecular weight excluding hydrogens is 422 g/mol. The largest absolute Gasteiger partial charge is 0.378 e. The van der Waals surface area contributed by atoms with Gasteiger partial charge in [-0.3, -0.25) is 9.59 Å². The van der Waals surface area contributed by atoms with E-state index in [2.05, 4.69) is 15.5 Å². The van der Waals surface area contributed by atoms with Crippen LogP contribution in [0.4, 0.5) is 17.1 Å². The Hall–Kier alpha value is -2.87. The van der Waals surface area contributed by atoms with E-state index in [0.717, 1.165) is 18.8 Å². The van der Waals surface area contributed by atoms with E-state index in [1.807, 2.05) is 23.6 Å². The maximum atomic E-state index is 12.9. The lowest BCUT2D eigenvalue weighted by Gasteiger charge is -2.30. The smallest absolute Gasteiger partial charge is 0.265 e. The highest BCUT2D eigenvalue weighted by atomic mass is 35.5. The van der Waals surface area contributed by atoms with Crippen LogP contribution in [0.25, 0.3) is 0 Å². The third kappa shape index (κ3) is 4.81. The maximum absolute atomic E-state index is 12.9. The molecule has 0 atom stereocenters. The molecule has 0 saturated carbocycles. The van der Waals surface area contributed by atoms with Gasteiger partial charge in [0, 0.05) is 29.4 Å². The molecule has 0 unspecified atom stereocenters. The molecule has 6 nitrogen and oxygen atoms in total. The van der Waals surface area contributed by atoms with Gasteiger partial charge >= 0.3 is 0 Å². The molecule has 154 valence electrons. The van der Waals surface area contributed by atoms with Gasteiger partial charge in [-0.2, -0.15) is 0 Å². The van der Waals surface area contributed by atoms with Crippen LogP contribution in [-0.4, -0.2) is 38.1 Å². The summed E-state index contributed by atoms with van der Waals surface area (Å²) in [7, 11) is 0. The molecule has 3 aromatic rings. The number of carbonyl (C=O) groups is 2. The zero-order chi connectivity index (χ0) is 20.9. The molecule has 0 aliphatic carbocycles. The van der Waals surface area contributed by atoms with E-state index in [1.54, 1.807) is 36.4 Å². The number of halogens is 1. The van der Waals surface area contributed by atoms with Gasteiger partial charge in [0.25, 0.3) is 11.8 Å². The third-order valence-corrected chi connectivity index (χ3v) is 5.79. The molecule has 0 spiro atoms. The quantitative estimate of drug-likeness (QED) is 0.599. The molecule has 0 bridgehead atoms. The second-order valence-electron chi connectivity index (χ2n) is 6.73. The highest BCUT2D eigenvalue weighted by molar-refractivity contribution is 7.12. The number of nitrogens with one attached hydrogen (secondary N) is 2. The first-order valence-corrected chi connectivity index (χ1v) is 10.7. The summed E-state index contributed by atoms with van der Waals surface area (Å²) >= 11 is 7.54. The first kappa shape index (κ1) is 20.4. The van der Waals surface area contributed by atoms with Crippen molar-refractivity contribution in [3.05, 3.63) is 75.4 Å². The summed E-state index contributed by atoms with van der Waals surface area (Å²) in [6, 6.07) is 15.9. The van der Waals surface area contributed by atoms with Crippen LogP contribution in [0.3, 0.4) is 0 Å². The van der Waals surface area contributed by atoms with Crippen LogP contribution in [0.15, 0.2) is 60.0 Å². The van der Waals surface area contributed by atoms with Gasteiger partial charge in [0.15, 0.2) is 0 Å². The fourth-order valence-electron chi connectivity index (χ4n) is 3.22. The molecule has 1 fully saturated rings. The zero-order valence-electron chi connectivity index (χ0n) is 16.1. The minimum absolute atomic E-state index is 0.202. The number of thiophene rings is 1. The van der Waals surface area contributed by atoms with Gasteiger partial charge in [0.05, 0.1) is 29.5 Å². The van der Waals surface area contributed by atoms with Crippen LogP contribution in [0.1, 0.15) is 20.0 Å². The molecule has 0 radical (unpaired) electrons. The number of amides is 2. The number of benzene rings is 2. The van der Waals surface area contributed by atoms with Crippen LogP contribution in [0.5, 0.6) is 0 Å². The monoisotopic (exact) mass is 441 g/mol. The van der Waals surface area contributed by atoms with Crippen molar-refractivity contribution in [1.82, 2.24) is 0 Å². The molecule has 1 aromatic heterocycles. The van der Waals surface area contributed by atoms with E-state index < -0.39 is 0 Å². The van der Waals surface area contributed by atoms with Crippen LogP contribution < -0.4 is 15.5 Å². The molecule has 2 heterocycles. The Kier molecular flexibility index (Phi) is 6.32. The lowest BCUT2D eigenvalue weighted by atomic mass is 10.1. The second-order valence-corrected chi connectivity index (χ2v) is 8.11. The number of nitrogens with zero attached hydrogens (tertiary/aromatic N) is 1. The molecule has 2 amide bonds. The summed E-state index contributed by atoms with van der Waals surface area (Å²) in [5.41, 5.74) is 2.54. The fourth-order valence-corrected chi connectivity index (χ4v) is 4.01. The summed E-state index contributed by atoms with van der Waals surface area (Å²) in [5, 5.41) is 8.16. The third-order valence-electron chi connectivity index (χ3n) is 4.69. The first-order chi connectivity index (χ1) is 14.6. The van der Waals surface area contributed by atoms with Gasteiger partial charge in [-0.25, -0.2) is 0 Å². The zero-order valence-corrected chi connectivity index (χ0v) is 17.6. The highest BCUT2D eigenvalue weighted by Crippen LogP contribution is 2.30. The van der Waals surface area contributed by atoms with Crippen molar-refractivity contribution in [1.29, 1.82) is 0 Å². The summed E-state index contributed by atoms with van der Waals surface area (Å²) in [6.45, 7) is 2.77. The lowest BCUT2D eigenvalue weighted by molar-refractivity contribution is 0.101. The van der Waals surface area contributed by atoms with Crippen LogP contribution in [0, 0.1) is 0 Å². The van der Waals surface area contributed by atoms with Gasteiger partial charge in [0.1, 0.15) is 0 Å². The molecule has 2 N–H and O–H groups in total. The van der Waals surface area contributed by atoms with Crippen LogP contribution in [-0.2, 0) is 4.74 Å². The number of morpholine rings is 1. The summed E-state index contributed by atoms with van der Waals surface area (Å²) < 4.78 is 5.42. The van der Waals surface area contributed by atoms with Crippen LogP contribution in [0.2, 0.25) is 5.02 Å². The predicted molar refractivity (Wildman–Crippen MR) is 121 cm³/mol. The Morgan fingerprint density at radius 1 is 0.967 bits per heavy atom. The van der Waals surface area contributed by atoms with Crippen molar-refractivity contribution in [3.63, 3.8) is 0 Å². The number of carbonyl (C=O) groups excluding carboxylic acids is 2. The molecule has 4 rings (SSSR count). The lowest BCUT2D eigenvalue weighted by Crippen LogP contribution is -2.36. The SMILES string of the molecule is O=C(Nc1cc(Cl)ccc1N1CCOCC1)c1cccc(NC(=O)c2cccs2)c1. The Morgan fingerprint density at radius 2 is 1.80 bits per heavy atom. The van der Waals surface area contributed by atoms with Crippen molar-refractivity contribution < 1.29 is 14.3 Å². The summed E-state index contributed by atoms with van der Waals surface area (Å²) in [4.78, 5) is 28.0. The van der Waals surface area contributed by atoms with Crippen molar-refractivity contribution in [2.45, 2.75) is 0 Å². The Bertz CT molecular complexity index is 1050. The average molecular weight is 442 g/mol. The Morgan fingerprint density at radius 3 is 2.57 bits per heavy atom. The normalized spacial score (nSPS) is 13.7. The topological polar surface area (TPSA) is 70.7 Å². The molecular formula is C22H20ClN3O3S.